The van der Waals surface area contributed by atoms with Crippen LogP contribution in [0, 0.1) is 5.82 Å². The van der Waals surface area contributed by atoms with Crippen molar-refractivity contribution in [1.82, 2.24) is 0 Å². The zero-order valence-electron chi connectivity index (χ0n) is 10.7. The molecule has 0 aromatic heterocycles. The topological polar surface area (TPSA) is 50.4 Å². The lowest BCUT2D eigenvalue weighted by atomic mass is 10.1. The maximum atomic E-state index is 13.1. The fourth-order valence-corrected chi connectivity index (χ4v) is 2.04. The second-order valence-corrected chi connectivity index (χ2v) is 4.53. The highest BCUT2D eigenvalue weighted by atomic mass is 19.1. The van der Waals surface area contributed by atoms with E-state index in [0.717, 1.165) is 5.56 Å². The van der Waals surface area contributed by atoms with Gasteiger partial charge in [0.15, 0.2) is 6.61 Å². The number of benzene rings is 2. The van der Waals surface area contributed by atoms with E-state index in [1.54, 1.807) is 12.1 Å². The Morgan fingerprint density at radius 2 is 2.15 bits per heavy atom. The average molecular weight is 272 g/mol. The van der Waals surface area contributed by atoms with Crippen molar-refractivity contribution in [3.05, 3.63) is 53.8 Å². The van der Waals surface area contributed by atoms with Crippen LogP contribution in [0.4, 0.5) is 15.8 Å². The van der Waals surface area contributed by atoms with E-state index in [-0.39, 0.29) is 18.3 Å². The summed E-state index contributed by atoms with van der Waals surface area (Å²) >= 11 is 0. The van der Waals surface area contributed by atoms with Crippen LogP contribution in [-0.4, -0.2) is 12.5 Å². The fraction of sp³-hybridized carbons (Fsp3) is 0.133. The number of carbonyl (C=O) groups excluding carboxylic acids is 1. The molecule has 0 saturated heterocycles. The second kappa shape index (κ2) is 5.21. The molecule has 20 heavy (non-hydrogen) atoms. The Bertz CT molecular complexity index is 658. The number of amides is 1. The molecule has 1 aliphatic rings. The van der Waals surface area contributed by atoms with Gasteiger partial charge in [-0.1, -0.05) is 12.1 Å². The summed E-state index contributed by atoms with van der Waals surface area (Å²) in [5.41, 5.74) is 2.35. The van der Waals surface area contributed by atoms with Crippen LogP contribution in [0.25, 0.3) is 0 Å². The Kier molecular flexibility index (Phi) is 3.25. The van der Waals surface area contributed by atoms with E-state index in [1.807, 2.05) is 18.2 Å². The van der Waals surface area contributed by atoms with Crippen molar-refractivity contribution in [2.45, 2.75) is 6.54 Å². The van der Waals surface area contributed by atoms with E-state index < -0.39 is 0 Å². The van der Waals surface area contributed by atoms with E-state index in [2.05, 4.69) is 10.6 Å². The summed E-state index contributed by atoms with van der Waals surface area (Å²) in [6.45, 7) is 0.584. The monoisotopic (exact) mass is 272 g/mol. The molecule has 0 saturated carbocycles. The van der Waals surface area contributed by atoms with Crippen LogP contribution in [0.2, 0.25) is 0 Å². The Hall–Kier alpha value is -2.56. The molecule has 0 fully saturated rings. The van der Waals surface area contributed by atoms with Crippen LogP contribution in [0.5, 0.6) is 5.75 Å². The van der Waals surface area contributed by atoms with Crippen LogP contribution in [-0.2, 0) is 11.3 Å². The largest absolute Gasteiger partial charge is 0.482 e. The standard InChI is InChI=1S/C15H13FN2O2/c16-11-2-1-3-12(7-11)17-8-10-4-5-14-13(6-10)18-15(19)9-20-14/h1-7,17H,8-9H2,(H,18,19). The number of hydrogen-bond donors (Lipinski definition) is 2. The van der Waals surface area contributed by atoms with Crippen molar-refractivity contribution in [2.24, 2.45) is 0 Å². The Labute approximate surface area is 115 Å². The van der Waals surface area contributed by atoms with Crippen LogP contribution < -0.4 is 15.4 Å². The predicted molar refractivity (Wildman–Crippen MR) is 74.3 cm³/mol. The van der Waals surface area contributed by atoms with Crippen LogP contribution >= 0.6 is 0 Å². The van der Waals surface area contributed by atoms with E-state index in [9.17, 15) is 9.18 Å². The zero-order valence-corrected chi connectivity index (χ0v) is 10.7. The first-order valence-corrected chi connectivity index (χ1v) is 6.26. The van der Waals surface area contributed by atoms with Gasteiger partial charge in [0.05, 0.1) is 5.69 Å². The molecule has 2 N–H and O–H groups in total. The molecular weight excluding hydrogens is 259 g/mol. The normalized spacial score (nSPS) is 13.2. The Balaban J connectivity index is 1.72. The van der Waals surface area contributed by atoms with Gasteiger partial charge in [-0.15, -0.1) is 0 Å². The van der Waals surface area contributed by atoms with Crippen molar-refractivity contribution in [3.8, 4) is 5.75 Å². The van der Waals surface area contributed by atoms with Crippen molar-refractivity contribution < 1.29 is 13.9 Å². The zero-order chi connectivity index (χ0) is 13.9. The molecule has 0 bridgehead atoms. The molecule has 0 spiro atoms. The minimum absolute atomic E-state index is 0.0495. The average Bonchev–Trinajstić information content (AvgIpc) is 2.45. The number of anilines is 2. The lowest BCUT2D eigenvalue weighted by Crippen LogP contribution is -2.25. The number of rotatable bonds is 3. The number of ether oxygens (including phenoxy) is 1. The van der Waals surface area contributed by atoms with Crippen LogP contribution in [0.15, 0.2) is 42.5 Å². The third-order valence-electron chi connectivity index (χ3n) is 3.00. The summed E-state index contributed by atoms with van der Waals surface area (Å²) in [5, 5.41) is 5.88. The highest BCUT2D eigenvalue weighted by Crippen LogP contribution is 2.28. The second-order valence-electron chi connectivity index (χ2n) is 4.53. The smallest absolute Gasteiger partial charge is 0.262 e. The quantitative estimate of drug-likeness (QED) is 0.903. The molecule has 0 radical (unpaired) electrons. The van der Waals surface area contributed by atoms with Gasteiger partial charge in [0, 0.05) is 12.2 Å². The highest BCUT2D eigenvalue weighted by Gasteiger charge is 2.15. The minimum Gasteiger partial charge on any atom is -0.482 e. The minimum atomic E-state index is -0.277. The third kappa shape index (κ3) is 2.71. The van der Waals surface area contributed by atoms with E-state index in [0.29, 0.717) is 23.7 Å². The third-order valence-corrected chi connectivity index (χ3v) is 3.00. The maximum absolute atomic E-state index is 13.1. The SMILES string of the molecule is O=C1COc2ccc(CNc3cccc(F)c3)cc2N1. The Morgan fingerprint density at radius 3 is 3.00 bits per heavy atom. The molecule has 1 amide bonds. The fourth-order valence-electron chi connectivity index (χ4n) is 2.04. The van der Waals surface area contributed by atoms with Gasteiger partial charge >= 0.3 is 0 Å². The molecular formula is C15H13FN2O2. The lowest BCUT2D eigenvalue weighted by molar-refractivity contribution is -0.118. The number of fused-ring (bicyclic) bond motifs is 1. The lowest BCUT2D eigenvalue weighted by Gasteiger charge is -2.18. The highest BCUT2D eigenvalue weighted by molar-refractivity contribution is 5.95. The molecule has 0 aliphatic carbocycles. The van der Waals surface area contributed by atoms with Crippen LogP contribution in [0.1, 0.15) is 5.56 Å². The first kappa shape index (κ1) is 12.5. The van der Waals surface area contributed by atoms with Gasteiger partial charge in [-0.25, -0.2) is 4.39 Å². The summed E-state index contributed by atoms with van der Waals surface area (Å²) in [4.78, 5) is 11.3. The summed E-state index contributed by atoms with van der Waals surface area (Å²) in [6, 6.07) is 11.9. The number of halogens is 1. The van der Waals surface area contributed by atoms with Gasteiger partial charge in [-0.2, -0.15) is 0 Å². The molecule has 0 unspecified atom stereocenters. The summed E-state index contributed by atoms with van der Waals surface area (Å²) in [6.07, 6.45) is 0. The van der Waals surface area contributed by atoms with E-state index >= 15 is 0 Å². The molecule has 102 valence electrons. The molecule has 3 rings (SSSR count). The molecule has 1 heterocycles. The molecule has 4 nitrogen and oxygen atoms in total. The molecule has 0 atom stereocenters. The van der Waals surface area contributed by atoms with Crippen molar-refractivity contribution in [2.75, 3.05) is 17.2 Å². The number of nitrogens with one attached hydrogen (secondary N) is 2. The van der Waals surface area contributed by atoms with Gasteiger partial charge < -0.3 is 15.4 Å². The van der Waals surface area contributed by atoms with Gasteiger partial charge in [0.2, 0.25) is 0 Å². The van der Waals surface area contributed by atoms with E-state index in [1.165, 1.54) is 12.1 Å². The molecule has 2 aromatic carbocycles. The molecule has 2 aromatic rings. The number of carbonyl (C=O) groups is 1. The van der Waals surface area contributed by atoms with Crippen molar-refractivity contribution in [3.63, 3.8) is 0 Å². The number of hydrogen-bond acceptors (Lipinski definition) is 3. The summed E-state index contributed by atoms with van der Waals surface area (Å²) in [5.74, 6) is 0.230. The first-order chi connectivity index (χ1) is 9.70. The van der Waals surface area contributed by atoms with Gasteiger partial charge in [-0.3, -0.25) is 4.79 Å². The van der Waals surface area contributed by atoms with E-state index in [4.69, 9.17) is 4.74 Å². The van der Waals surface area contributed by atoms with Gasteiger partial charge in [-0.05, 0) is 35.9 Å². The summed E-state index contributed by atoms with van der Waals surface area (Å²) in [7, 11) is 0. The van der Waals surface area contributed by atoms with Crippen molar-refractivity contribution in [1.29, 1.82) is 0 Å². The first-order valence-electron chi connectivity index (χ1n) is 6.26. The maximum Gasteiger partial charge on any atom is 0.262 e. The van der Waals surface area contributed by atoms with Crippen LogP contribution in [0.3, 0.4) is 0 Å². The van der Waals surface area contributed by atoms with Gasteiger partial charge in [0.1, 0.15) is 11.6 Å². The Morgan fingerprint density at radius 1 is 1.25 bits per heavy atom. The summed E-state index contributed by atoms with van der Waals surface area (Å²) < 4.78 is 18.3. The predicted octanol–water partition coefficient (Wildman–Crippen LogP) is 2.77. The molecule has 1 aliphatic heterocycles. The molecule has 5 heteroatoms. The van der Waals surface area contributed by atoms with Gasteiger partial charge in [0.25, 0.3) is 5.91 Å². The van der Waals surface area contributed by atoms with Crippen molar-refractivity contribution >= 4 is 17.3 Å².